The van der Waals surface area contributed by atoms with Crippen molar-refractivity contribution in [1.29, 1.82) is 0 Å². The smallest absolute Gasteiger partial charge is 0.127 e. The molecule has 0 atom stereocenters. The first-order chi connectivity index (χ1) is 7.38. The summed E-state index contributed by atoms with van der Waals surface area (Å²) in [6.07, 6.45) is 7.38. The van der Waals surface area contributed by atoms with Gasteiger partial charge in [-0.15, -0.1) is 0 Å². The minimum absolute atomic E-state index is 1.11. The quantitative estimate of drug-likeness (QED) is 0.664. The van der Waals surface area contributed by atoms with Crippen LogP contribution in [0.15, 0.2) is 55.1 Å². The Morgan fingerprint density at radius 1 is 1.13 bits per heavy atom. The Balaban J connectivity index is 0.000000124. The van der Waals surface area contributed by atoms with Crippen molar-refractivity contribution < 1.29 is 0 Å². The second kappa shape index (κ2) is 4.79. The largest absolute Gasteiger partial charge is 0.347 e. The van der Waals surface area contributed by atoms with E-state index in [-0.39, 0.29) is 0 Å². The number of nitrogens with one attached hydrogen (secondary N) is 1. The molecule has 0 spiro atoms. The van der Waals surface area contributed by atoms with E-state index in [4.69, 9.17) is 0 Å². The van der Waals surface area contributed by atoms with Gasteiger partial charge in [-0.25, -0.2) is 0 Å². The summed E-state index contributed by atoms with van der Waals surface area (Å²) >= 11 is 3.33. The number of nitrogens with zero attached hydrogens (tertiary/aromatic N) is 2. The van der Waals surface area contributed by atoms with E-state index in [0.29, 0.717) is 0 Å². The first kappa shape index (κ1) is 9.98. The predicted molar refractivity (Wildman–Crippen MR) is 64.9 cm³/mol. The van der Waals surface area contributed by atoms with Crippen LogP contribution >= 0.6 is 16.1 Å². The number of hydrogen-bond donors (Lipinski definition) is 1. The van der Waals surface area contributed by atoms with Gasteiger partial charge < -0.3 is 4.98 Å². The fraction of sp³-hybridized carbons (Fsp3) is 0. The number of rotatable bonds is 0. The normalized spacial score (nSPS) is 9.67. The van der Waals surface area contributed by atoms with Crippen LogP contribution in [0.4, 0.5) is 0 Å². The van der Waals surface area contributed by atoms with E-state index >= 15 is 0 Å². The van der Waals surface area contributed by atoms with Crippen molar-refractivity contribution in [1.82, 2.24) is 13.6 Å². The lowest BCUT2D eigenvalue weighted by Crippen LogP contribution is -1.72. The molecule has 0 radical (unpaired) electrons. The van der Waals surface area contributed by atoms with Gasteiger partial charge in [-0.3, -0.25) is 8.58 Å². The van der Waals surface area contributed by atoms with Crippen LogP contribution in [-0.2, 0) is 0 Å². The Morgan fingerprint density at radius 3 is 2.47 bits per heavy atom. The third-order valence-corrected chi connectivity index (χ3v) is 2.51. The van der Waals surface area contributed by atoms with Gasteiger partial charge in [0.15, 0.2) is 0 Å². The molecular formula is C11H10BrN3. The van der Waals surface area contributed by atoms with Crippen LogP contribution < -0.4 is 0 Å². The first-order valence-corrected chi connectivity index (χ1v) is 5.24. The van der Waals surface area contributed by atoms with Crippen LogP contribution in [0.2, 0.25) is 0 Å². The Labute approximate surface area is 96.1 Å². The van der Waals surface area contributed by atoms with Gasteiger partial charge in [0.25, 0.3) is 0 Å². The van der Waals surface area contributed by atoms with Crippen LogP contribution in [-0.4, -0.2) is 13.6 Å². The van der Waals surface area contributed by atoms with E-state index < -0.39 is 0 Å². The summed E-state index contributed by atoms with van der Waals surface area (Å²) in [6, 6.07) is 9.79. The summed E-state index contributed by atoms with van der Waals surface area (Å²) in [5.74, 6) is 0. The third kappa shape index (κ3) is 2.47. The SMILES string of the molecule is Brn1ccc2cc[nH]c21.c1ccncc1. The number of pyridine rings is 1. The number of fused-ring (bicyclic) bond motifs is 1. The van der Waals surface area contributed by atoms with E-state index in [1.54, 1.807) is 12.4 Å². The Bertz CT molecular complexity index is 486. The van der Waals surface area contributed by atoms with Gasteiger partial charge in [-0.05, 0) is 24.3 Å². The van der Waals surface area contributed by atoms with E-state index in [1.165, 1.54) is 5.39 Å². The summed E-state index contributed by atoms with van der Waals surface area (Å²) in [6.45, 7) is 0. The molecule has 0 aliphatic rings. The Hall–Kier alpha value is -1.55. The van der Waals surface area contributed by atoms with E-state index in [2.05, 4.69) is 26.1 Å². The molecule has 3 nitrogen and oxygen atoms in total. The molecule has 0 saturated carbocycles. The highest BCUT2D eigenvalue weighted by Crippen LogP contribution is 2.14. The molecule has 0 fully saturated rings. The van der Waals surface area contributed by atoms with Crippen LogP contribution in [0.3, 0.4) is 0 Å². The van der Waals surface area contributed by atoms with Crippen molar-refractivity contribution in [2.45, 2.75) is 0 Å². The molecule has 4 heteroatoms. The zero-order chi connectivity index (χ0) is 10.5. The summed E-state index contributed by atoms with van der Waals surface area (Å²) in [5.41, 5.74) is 1.11. The molecule has 0 saturated heterocycles. The van der Waals surface area contributed by atoms with E-state index in [0.717, 1.165) is 5.65 Å². The number of aromatic amines is 1. The number of halogens is 1. The topological polar surface area (TPSA) is 33.6 Å². The summed E-state index contributed by atoms with van der Waals surface area (Å²) < 4.78 is 1.88. The molecular weight excluding hydrogens is 254 g/mol. The fourth-order valence-electron chi connectivity index (χ4n) is 1.23. The van der Waals surface area contributed by atoms with Crippen molar-refractivity contribution in [3.05, 3.63) is 55.1 Å². The summed E-state index contributed by atoms with van der Waals surface area (Å²) in [4.78, 5) is 6.87. The Kier molecular flexibility index (Phi) is 3.19. The van der Waals surface area contributed by atoms with Crippen LogP contribution in [0.1, 0.15) is 0 Å². The second-order valence-corrected chi connectivity index (χ2v) is 3.70. The summed E-state index contributed by atoms with van der Waals surface area (Å²) in [5, 5.41) is 1.23. The lowest BCUT2D eigenvalue weighted by molar-refractivity contribution is 1.30. The van der Waals surface area contributed by atoms with Gasteiger partial charge in [0, 0.05) is 30.2 Å². The lowest BCUT2D eigenvalue weighted by atomic mass is 10.4. The van der Waals surface area contributed by atoms with Crippen molar-refractivity contribution in [2.24, 2.45) is 0 Å². The highest BCUT2D eigenvalue weighted by Gasteiger charge is 1.95. The van der Waals surface area contributed by atoms with Crippen LogP contribution in [0, 0.1) is 0 Å². The average molecular weight is 264 g/mol. The lowest BCUT2D eigenvalue weighted by Gasteiger charge is -1.83. The maximum Gasteiger partial charge on any atom is 0.127 e. The molecule has 3 heterocycles. The van der Waals surface area contributed by atoms with Gasteiger partial charge >= 0.3 is 0 Å². The van der Waals surface area contributed by atoms with E-state index in [9.17, 15) is 0 Å². The van der Waals surface area contributed by atoms with Crippen molar-refractivity contribution in [3.8, 4) is 0 Å². The minimum atomic E-state index is 1.11. The molecule has 0 amide bonds. The highest BCUT2D eigenvalue weighted by molar-refractivity contribution is 9.08. The average Bonchev–Trinajstić information content (AvgIpc) is 2.88. The molecule has 3 aromatic heterocycles. The molecule has 3 aromatic rings. The van der Waals surface area contributed by atoms with Gasteiger partial charge in [-0.2, -0.15) is 0 Å². The third-order valence-electron chi connectivity index (χ3n) is 1.92. The molecule has 0 aliphatic carbocycles. The van der Waals surface area contributed by atoms with E-state index in [1.807, 2.05) is 46.3 Å². The van der Waals surface area contributed by atoms with Gasteiger partial charge in [0.05, 0.1) is 16.1 Å². The van der Waals surface area contributed by atoms with Gasteiger partial charge in [0.1, 0.15) is 5.65 Å². The van der Waals surface area contributed by atoms with Crippen molar-refractivity contribution >= 4 is 27.2 Å². The fourth-order valence-corrected chi connectivity index (χ4v) is 1.65. The zero-order valence-electron chi connectivity index (χ0n) is 7.97. The standard InChI is InChI=1S/C6H5BrN2.C5H5N/c7-9-4-2-5-1-3-8-6(5)9;1-2-4-6-5-3-1/h1-4,8H;1-5H. The van der Waals surface area contributed by atoms with Crippen LogP contribution in [0.25, 0.3) is 11.0 Å². The number of hydrogen-bond acceptors (Lipinski definition) is 1. The molecule has 76 valence electrons. The summed E-state index contributed by atoms with van der Waals surface area (Å²) in [7, 11) is 0. The van der Waals surface area contributed by atoms with Gasteiger partial charge in [-0.1, -0.05) is 6.07 Å². The first-order valence-electron chi connectivity index (χ1n) is 4.53. The molecule has 0 aliphatic heterocycles. The molecule has 15 heavy (non-hydrogen) atoms. The minimum Gasteiger partial charge on any atom is -0.347 e. The number of aromatic nitrogens is 3. The predicted octanol–water partition coefficient (Wildman–Crippen LogP) is 3.21. The zero-order valence-corrected chi connectivity index (χ0v) is 9.55. The Morgan fingerprint density at radius 2 is 1.93 bits per heavy atom. The number of H-pyrrole nitrogens is 1. The van der Waals surface area contributed by atoms with Gasteiger partial charge in [0.2, 0.25) is 0 Å². The molecule has 1 N–H and O–H groups in total. The van der Waals surface area contributed by atoms with Crippen molar-refractivity contribution in [2.75, 3.05) is 0 Å². The maximum atomic E-state index is 3.78. The monoisotopic (exact) mass is 263 g/mol. The molecule has 0 bridgehead atoms. The maximum absolute atomic E-state index is 3.78. The second-order valence-electron chi connectivity index (χ2n) is 2.93. The molecule has 0 unspecified atom stereocenters. The highest BCUT2D eigenvalue weighted by atomic mass is 79.9. The molecule has 0 aromatic carbocycles. The molecule has 3 rings (SSSR count). The van der Waals surface area contributed by atoms with Crippen LogP contribution in [0.5, 0.6) is 0 Å². The van der Waals surface area contributed by atoms with Crippen molar-refractivity contribution in [3.63, 3.8) is 0 Å².